The third kappa shape index (κ3) is 9.92. The minimum absolute atomic E-state index is 0.993. The van der Waals surface area contributed by atoms with Gasteiger partial charge in [0.15, 0.2) is 0 Å². The Morgan fingerprint density at radius 3 is 2.36 bits per heavy atom. The summed E-state index contributed by atoms with van der Waals surface area (Å²) in [6, 6.07) is 0. The SMILES string of the molecule is C=CCCCCN[Si](C)(C)C. The van der Waals surface area contributed by atoms with Gasteiger partial charge >= 0.3 is 0 Å². The van der Waals surface area contributed by atoms with Gasteiger partial charge in [-0.05, 0) is 25.8 Å². The molecule has 0 aromatic rings. The molecule has 2 heteroatoms. The van der Waals surface area contributed by atoms with Crippen LogP contribution in [0.3, 0.4) is 0 Å². The van der Waals surface area contributed by atoms with Crippen LogP contribution in [0, 0.1) is 0 Å². The fraction of sp³-hybridized carbons (Fsp3) is 0.778. The van der Waals surface area contributed by atoms with Crippen LogP contribution in [0.25, 0.3) is 0 Å². The molecule has 0 aliphatic carbocycles. The van der Waals surface area contributed by atoms with E-state index in [0.717, 1.165) is 6.42 Å². The monoisotopic (exact) mass is 171 g/mol. The summed E-state index contributed by atoms with van der Waals surface area (Å²) >= 11 is 0. The van der Waals surface area contributed by atoms with Gasteiger partial charge in [0.05, 0.1) is 0 Å². The molecule has 0 aliphatic heterocycles. The Balaban J connectivity index is 3.08. The summed E-state index contributed by atoms with van der Waals surface area (Å²) in [4.78, 5) is 3.59. The van der Waals surface area contributed by atoms with Crippen LogP contribution in [0.1, 0.15) is 19.3 Å². The predicted octanol–water partition coefficient (Wildman–Crippen LogP) is 2.77. The van der Waals surface area contributed by atoms with E-state index >= 15 is 0 Å². The largest absolute Gasteiger partial charge is 0.337 e. The summed E-state index contributed by atoms with van der Waals surface area (Å²) in [6.07, 6.45) is 5.72. The number of rotatable bonds is 6. The molecule has 1 nitrogen and oxygen atoms in total. The Bertz CT molecular complexity index is 105. The van der Waals surface area contributed by atoms with Gasteiger partial charge in [-0.15, -0.1) is 6.58 Å². The first-order valence-electron chi connectivity index (χ1n) is 4.42. The van der Waals surface area contributed by atoms with Crippen LogP contribution in [0.2, 0.25) is 19.6 Å². The van der Waals surface area contributed by atoms with E-state index in [4.69, 9.17) is 0 Å². The van der Waals surface area contributed by atoms with Gasteiger partial charge in [0.1, 0.15) is 8.24 Å². The lowest BCUT2D eigenvalue weighted by atomic mass is 10.2. The van der Waals surface area contributed by atoms with E-state index in [1.165, 1.54) is 19.4 Å². The van der Waals surface area contributed by atoms with Crippen LogP contribution >= 0.6 is 0 Å². The second-order valence-electron chi connectivity index (χ2n) is 3.96. The summed E-state index contributed by atoms with van der Waals surface area (Å²) < 4.78 is 0. The average Bonchev–Trinajstić information content (AvgIpc) is 1.85. The molecule has 0 aromatic carbocycles. The molecule has 0 atom stereocenters. The van der Waals surface area contributed by atoms with E-state index in [1.54, 1.807) is 0 Å². The van der Waals surface area contributed by atoms with Crippen LogP contribution in [0.15, 0.2) is 12.7 Å². The Hall–Kier alpha value is -0.0831. The molecule has 11 heavy (non-hydrogen) atoms. The van der Waals surface area contributed by atoms with Gasteiger partial charge in [0.2, 0.25) is 0 Å². The summed E-state index contributed by atoms with van der Waals surface area (Å²) in [5.41, 5.74) is 0. The summed E-state index contributed by atoms with van der Waals surface area (Å²) in [6.45, 7) is 11.9. The number of hydrogen-bond acceptors (Lipinski definition) is 1. The highest BCUT2D eigenvalue weighted by molar-refractivity contribution is 6.73. The zero-order valence-corrected chi connectivity index (χ0v) is 9.11. The molecule has 0 bridgehead atoms. The second kappa shape index (κ2) is 5.55. The number of allylic oxidation sites excluding steroid dienone is 1. The minimum Gasteiger partial charge on any atom is -0.337 e. The van der Waals surface area contributed by atoms with Gasteiger partial charge in [0, 0.05) is 0 Å². The lowest BCUT2D eigenvalue weighted by Crippen LogP contribution is -2.41. The Morgan fingerprint density at radius 2 is 1.91 bits per heavy atom. The Labute approximate surface area is 72.0 Å². The van der Waals surface area contributed by atoms with Crippen LogP contribution < -0.4 is 4.98 Å². The van der Waals surface area contributed by atoms with Crippen molar-refractivity contribution < 1.29 is 0 Å². The highest BCUT2D eigenvalue weighted by atomic mass is 28.3. The molecule has 66 valence electrons. The van der Waals surface area contributed by atoms with Gasteiger partial charge in [-0.25, -0.2) is 0 Å². The molecule has 1 N–H and O–H groups in total. The number of unbranched alkanes of at least 4 members (excludes halogenated alkanes) is 2. The molecule has 0 fully saturated rings. The van der Waals surface area contributed by atoms with Crippen molar-refractivity contribution in [2.24, 2.45) is 0 Å². The second-order valence-corrected chi connectivity index (χ2v) is 8.81. The van der Waals surface area contributed by atoms with Gasteiger partial charge < -0.3 is 4.98 Å². The van der Waals surface area contributed by atoms with Gasteiger partial charge in [-0.1, -0.05) is 25.7 Å². The van der Waals surface area contributed by atoms with E-state index < -0.39 is 8.24 Å². The fourth-order valence-corrected chi connectivity index (χ4v) is 1.80. The molecule has 0 rings (SSSR count). The molecular formula is C9H21NSi. The van der Waals surface area contributed by atoms with Crippen molar-refractivity contribution in [3.05, 3.63) is 12.7 Å². The molecule has 0 saturated carbocycles. The van der Waals surface area contributed by atoms with Crippen molar-refractivity contribution in [2.45, 2.75) is 38.9 Å². The van der Waals surface area contributed by atoms with E-state index in [1.807, 2.05) is 6.08 Å². The maximum Gasteiger partial charge on any atom is 0.116 e. The maximum atomic E-state index is 3.70. The Morgan fingerprint density at radius 1 is 1.27 bits per heavy atom. The molecule has 0 amide bonds. The zero-order valence-electron chi connectivity index (χ0n) is 8.11. The molecular weight excluding hydrogens is 150 g/mol. The first kappa shape index (κ1) is 10.9. The number of hydrogen-bond donors (Lipinski definition) is 1. The smallest absolute Gasteiger partial charge is 0.116 e. The average molecular weight is 171 g/mol. The third-order valence-electron chi connectivity index (χ3n) is 1.49. The summed E-state index contributed by atoms with van der Waals surface area (Å²) in [7, 11) is -0.993. The van der Waals surface area contributed by atoms with Crippen LogP contribution in [-0.2, 0) is 0 Å². The molecule has 0 saturated heterocycles. The van der Waals surface area contributed by atoms with Gasteiger partial charge in [0.25, 0.3) is 0 Å². The van der Waals surface area contributed by atoms with Crippen molar-refractivity contribution in [1.29, 1.82) is 0 Å². The van der Waals surface area contributed by atoms with Crippen LogP contribution in [0.5, 0.6) is 0 Å². The minimum atomic E-state index is -0.993. The zero-order chi connectivity index (χ0) is 8.74. The van der Waals surface area contributed by atoms with Gasteiger partial charge in [-0.2, -0.15) is 0 Å². The fourth-order valence-electron chi connectivity index (χ4n) is 0.877. The molecule has 0 radical (unpaired) electrons. The molecule has 0 aromatic heterocycles. The lowest BCUT2D eigenvalue weighted by Gasteiger charge is -2.17. The maximum absolute atomic E-state index is 3.70. The van der Waals surface area contributed by atoms with Crippen molar-refractivity contribution in [3.63, 3.8) is 0 Å². The van der Waals surface area contributed by atoms with E-state index in [-0.39, 0.29) is 0 Å². The molecule has 0 spiro atoms. The van der Waals surface area contributed by atoms with Crippen molar-refractivity contribution in [2.75, 3.05) is 6.54 Å². The summed E-state index contributed by atoms with van der Waals surface area (Å²) in [5, 5.41) is 0. The van der Waals surface area contributed by atoms with Crippen molar-refractivity contribution in [3.8, 4) is 0 Å². The standard InChI is InChI=1S/C9H21NSi/c1-5-6-7-8-9-10-11(2,3)4/h5,10H,1,6-9H2,2-4H3. The van der Waals surface area contributed by atoms with E-state index in [0.29, 0.717) is 0 Å². The predicted molar refractivity (Wildman–Crippen MR) is 55.4 cm³/mol. The van der Waals surface area contributed by atoms with Crippen LogP contribution in [0.4, 0.5) is 0 Å². The highest BCUT2D eigenvalue weighted by Crippen LogP contribution is 1.97. The summed E-state index contributed by atoms with van der Waals surface area (Å²) in [5.74, 6) is 0. The van der Waals surface area contributed by atoms with Gasteiger partial charge in [-0.3, -0.25) is 0 Å². The molecule has 0 heterocycles. The van der Waals surface area contributed by atoms with Crippen molar-refractivity contribution in [1.82, 2.24) is 4.98 Å². The normalized spacial score (nSPS) is 11.5. The quantitative estimate of drug-likeness (QED) is 0.368. The molecule has 0 unspecified atom stereocenters. The van der Waals surface area contributed by atoms with E-state index in [2.05, 4.69) is 31.2 Å². The van der Waals surface area contributed by atoms with Crippen LogP contribution in [-0.4, -0.2) is 14.8 Å². The Kier molecular flexibility index (Phi) is 5.51. The topological polar surface area (TPSA) is 12.0 Å². The first-order chi connectivity index (χ1) is 5.06. The highest BCUT2D eigenvalue weighted by Gasteiger charge is 2.10. The van der Waals surface area contributed by atoms with Crippen molar-refractivity contribution >= 4 is 8.24 Å². The first-order valence-corrected chi connectivity index (χ1v) is 7.92. The number of nitrogens with one attached hydrogen (secondary N) is 1. The molecule has 0 aliphatic rings. The lowest BCUT2D eigenvalue weighted by molar-refractivity contribution is 0.720. The third-order valence-corrected chi connectivity index (χ3v) is 2.80. The van der Waals surface area contributed by atoms with E-state index in [9.17, 15) is 0 Å².